The van der Waals surface area contributed by atoms with Crippen molar-refractivity contribution < 1.29 is 24.2 Å². The summed E-state index contributed by atoms with van der Waals surface area (Å²) < 4.78 is 10.8. The second-order valence-electron chi connectivity index (χ2n) is 7.74. The number of amides is 1. The van der Waals surface area contributed by atoms with Crippen molar-refractivity contribution in [3.63, 3.8) is 0 Å². The molecule has 1 aliphatic rings. The number of aliphatic hydroxyl groups excluding tert-OH is 1. The van der Waals surface area contributed by atoms with Crippen LogP contribution < -0.4 is 14.4 Å². The van der Waals surface area contributed by atoms with E-state index in [4.69, 9.17) is 9.47 Å². The smallest absolute Gasteiger partial charge is 0.300 e. The number of hydrogen-bond donors (Lipinski definition) is 1. The molecule has 0 spiro atoms. The Hall–Kier alpha value is -4.06. The van der Waals surface area contributed by atoms with Gasteiger partial charge in [0.05, 0.1) is 25.3 Å². The molecule has 1 saturated heterocycles. The average Bonchev–Trinajstić information content (AvgIpc) is 3.09. The largest absolute Gasteiger partial charge is 0.507 e. The summed E-state index contributed by atoms with van der Waals surface area (Å²) in [6.07, 6.45) is 0. The number of ether oxygens (including phenoxy) is 2. The van der Waals surface area contributed by atoms with E-state index in [1.165, 1.54) is 4.90 Å². The number of anilines is 1. The number of aliphatic hydroxyl groups is 1. The van der Waals surface area contributed by atoms with Crippen LogP contribution in [0.2, 0.25) is 0 Å². The highest BCUT2D eigenvalue weighted by Gasteiger charge is 2.47. The van der Waals surface area contributed by atoms with Gasteiger partial charge < -0.3 is 14.6 Å². The van der Waals surface area contributed by atoms with Crippen molar-refractivity contribution in [1.82, 2.24) is 0 Å². The Kier molecular flexibility index (Phi) is 6.18. The van der Waals surface area contributed by atoms with Crippen molar-refractivity contribution >= 4 is 23.1 Å². The molecule has 6 nitrogen and oxygen atoms in total. The lowest BCUT2D eigenvalue weighted by Crippen LogP contribution is -2.29. The van der Waals surface area contributed by atoms with Gasteiger partial charge in [0.25, 0.3) is 11.7 Å². The summed E-state index contributed by atoms with van der Waals surface area (Å²) in [6, 6.07) is 20.6. The van der Waals surface area contributed by atoms with Crippen molar-refractivity contribution in [2.24, 2.45) is 0 Å². The number of aryl methyl sites for hydroxylation is 1. The Bertz CT molecular complexity index is 1230. The van der Waals surface area contributed by atoms with Crippen LogP contribution >= 0.6 is 0 Å². The van der Waals surface area contributed by atoms with E-state index in [1.807, 2.05) is 38.1 Å². The number of Topliss-reactive ketones (excluding diaryl/α,β-unsaturated/α-hetero) is 1. The van der Waals surface area contributed by atoms with Crippen molar-refractivity contribution in [1.29, 1.82) is 0 Å². The maximum atomic E-state index is 13.2. The minimum absolute atomic E-state index is 0.0371. The fraction of sp³-hybridized carbons (Fsp3) is 0.185. The van der Waals surface area contributed by atoms with E-state index in [-0.39, 0.29) is 11.3 Å². The summed E-state index contributed by atoms with van der Waals surface area (Å²) in [4.78, 5) is 27.9. The minimum Gasteiger partial charge on any atom is -0.507 e. The van der Waals surface area contributed by atoms with Crippen LogP contribution in [0.5, 0.6) is 11.5 Å². The molecule has 0 radical (unpaired) electrons. The van der Waals surface area contributed by atoms with E-state index in [9.17, 15) is 14.7 Å². The molecule has 6 heteroatoms. The standard InChI is InChI=1S/C27H25NO5/c1-4-33-22-10-6-9-19(16-22)25(29)23-24(18-8-5-7-17(2)15-18)28(27(31)26(23)30)20-11-13-21(32-3)14-12-20/h5-16,24,29H,4H2,1-3H3/b25-23-. The van der Waals surface area contributed by atoms with Crippen molar-refractivity contribution in [2.75, 3.05) is 18.6 Å². The van der Waals surface area contributed by atoms with E-state index in [0.29, 0.717) is 29.4 Å². The summed E-state index contributed by atoms with van der Waals surface area (Å²) in [5, 5.41) is 11.3. The van der Waals surface area contributed by atoms with Gasteiger partial charge in [-0.1, -0.05) is 42.0 Å². The van der Waals surface area contributed by atoms with E-state index >= 15 is 0 Å². The van der Waals surface area contributed by atoms with E-state index in [1.54, 1.807) is 55.6 Å². The van der Waals surface area contributed by atoms with E-state index in [0.717, 1.165) is 11.1 Å². The topological polar surface area (TPSA) is 76.1 Å². The molecule has 0 saturated carbocycles. The van der Waals surface area contributed by atoms with Gasteiger partial charge in [0.2, 0.25) is 0 Å². The van der Waals surface area contributed by atoms with Crippen LogP contribution in [0.25, 0.3) is 5.76 Å². The van der Waals surface area contributed by atoms with Gasteiger partial charge in [0.1, 0.15) is 17.3 Å². The molecule has 0 aliphatic carbocycles. The number of carbonyl (C=O) groups is 2. The Labute approximate surface area is 192 Å². The zero-order chi connectivity index (χ0) is 23.5. The molecule has 4 rings (SSSR count). The Morgan fingerprint density at radius 3 is 2.36 bits per heavy atom. The van der Waals surface area contributed by atoms with Crippen molar-refractivity contribution in [2.45, 2.75) is 19.9 Å². The molecule has 1 N–H and O–H groups in total. The number of rotatable bonds is 6. The predicted molar refractivity (Wildman–Crippen MR) is 127 cm³/mol. The van der Waals surface area contributed by atoms with Gasteiger partial charge >= 0.3 is 0 Å². The number of benzene rings is 3. The summed E-state index contributed by atoms with van der Waals surface area (Å²) in [5.74, 6) is -0.475. The molecule has 0 aromatic heterocycles. The highest BCUT2D eigenvalue weighted by atomic mass is 16.5. The third-order valence-electron chi connectivity index (χ3n) is 5.57. The van der Waals surface area contributed by atoms with Crippen LogP contribution in [0, 0.1) is 6.92 Å². The van der Waals surface area contributed by atoms with Gasteiger partial charge in [-0.05, 0) is 55.8 Å². The van der Waals surface area contributed by atoms with E-state index < -0.39 is 17.7 Å². The lowest BCUT2D eigenvalue weighted by molar-refractivity contribution is -0.132. The molecule has 1 aliphatic heterocycles. The highest BCUT2D eigenvalue weighted by Crippen LogP contribution is 2.42. The molecule has 1 fully saturated rings. The van der Waals surface area contributed by atoms with Gasteiger partial charge in [-0.2, -0.15) is 0 Å². The van der Waals surface area contributed by atoms with Crippen LogP contribution in [-0.4, -0.2) is 30.5 Å². The maximum Gasteiger partial charge on any atom is 0.300 e. The van der Waals surface area contributed by atoms with Gasteiger partial charge in [0, 0.05) is 11.3 Å². The summed E-state index contributed by atoms with van der Waals surface area (Å²) in [5.41, 5.74) is 2.69. The second kappa shape index (κ2) is 9.20. The third kappa shape index (κ3) is 4.20. The average molecular weight is 443 g/mol. The molecule has 1 atom stereocenters. The zero-order valence-electron chi connectivity index (χ0n) is 18.7. The molecule has 0 bridgehead atoms. The predicted octanol–water partition coefficient (Wildman–Crippen LogP) is 5.03. The number of nitrogens with zero attached hydrogens (tertiary/aromatic N) is 1. The first-order valence-corrected chi connectivity index (χ1v) is 10.7. The number of carbonyl (C=O) groups excluding carboxylic acids is 2. The number of ketones is 1. The van der Waals surface area contributed by atoms with Gasteiger partial charge in [0.15, 0.2) is 0 Å². The molecule has 1 unspecified atom stereocenters. The maximum absolute atomic E-state index is 13.2. The minimum atomic E-state index is -0.783. The molecular weight excluding hydrogens is 418 g/mol. The van der Waals surface area contributed by atoms with E-state index in [2.05, 4.69) is 0 Å². The molecular formula is C27H25NO5. The molecule has 168 valence electrons. The quantitative estimate of drug-likeness (QED) is 0.329. The second-order valence-corrected chi connectivity index (χ2v) is 7.74. The fourth-order valence-corrected chi connectivity index (χ4v) is 4.05. The molecule has 3 aromatic rings. The molecule has 1 amide bonds. The SMILES string of the molecule is CCOc1cccc(/C(O)=C2/C(=O)C(=O)N(c3ccc(OC)cc3)C2c2cccc(C)c2)c1. The number of methoxy groups -OCH3 is 1. The van der Waals surface area contributed by atoms with Crippen LogP contribution in [0.1, 0.15) is 29.7 Å². The first-order chi connectivity index (χ1) is 15.9. The summed E-state index contributed by atoms with van der Waals surface area (Å²) >= 11 is 0. The fourth-order valence-electron chi connectivity index (χ4n) is 4.05. The van der Waals surface area contributed by atoms with Crippen LogP contribution in [-0.2, 0) is 9.59 Å². The van der Waals surface area contributed by atoms with Crippen LogP contribution in [0.15, 0.2) is 78.4 Å². The normalized spacial score (nSPS) is 17.3. The lowest BCUT2D eigenvalue weighted by atomic mass is 9.94. The van der Waals surface area contributed by atoms with Crippen LogP contribution in [0.3, 0.4) is 0 Å². The Balaban J connectivity index is 1.91. The van der Waals surface area contributed by atoms with Gasteiger partial charge in [-0.15, -0.1) is 0 Å². The molecule has 33 heavy (non-hydrogen) atoms. The van der Waals surface area contributed by atoms with Crippen molar-refractivity contribution in [3.05, 3.63) is 95.1 Å². The number of hydrogen-bond acceptors (Lipinski definition) is 5. The monoisotopic (exact) mass is 443 g/mol. The van der Waals surface area contributed by atoms with Crippen molar-refractivity contribution in [3.8, 4) is 11.5 Å². The van der Waals surface area contributed by atoms with Crippen LogP contribution in [0.4, 0.5) is 5.69 Å². The zero-order valence-corrected chi connectivity index (χ0v) is 18.7. The van der Waals surface area contributed by atoms with Gasteiger partial charge in [-0.3, -0.25) is 14.5 Å². The Morgan fingerprint density at radius 2 is 1.70 bits per heavy atom. The summed E-state index contributed by atoms with van der Waals surface area (Å²) in [7, 11) is 1.56. The third-order valence-corrected chi connectivity index (χ3v) is 5.57. The first-order valence-electron chi connectivity index (χ1n) is 10.7. The Morgan fingerprint density at radius 1 is 0.970 bits per heavy atom. The van der Waals surface area contributed by atoms with Gasteiger partial charge in [-0.25, -0.2) is 0 Å². The molecule has 1 heterocycles. The summed E-state index contributed by atoms with van der Waals surface area (Å²) in [6.45, 7) is 4.27. The molecule has 3 aromatic carbocycles. The lowest BCUT2D eigenvalue weighted by Gasteiger charge is -2.26. The first kappa shape index (κ1) is 22.1. The highest BCUT2D eigenvalue weighted by molar-refractivity contribution is 6.51.